The minimum atomic E-state index is -0.105. The van der Waals surface area contributed by atoms with Crippen molar-refractivity contribution in [2.45, 2.75) is 20.3 Å². The van der Waals surface area contributed by atoms with Crippen LogP contribution in [0.25, 0.3) is 0 Å². The molecule has 2 amide bonds. The van der Waals surface area contributed by atoms with Crippen LogP contribution in [0, 0.1) is 0 Å². The third-order valence-corrected chi connectivity index (χ3v) is 2.85. The molecule has 0 fully saturated rings. The molecular weight excluding hydrogens is 268 g/mol. The molecule has 0 radical (unpaired) electrons. The highest BCUT2D eigenvalue weighted by atomic mass is 16.5. The Morgan fingerprint density at radius 2 is 2.00 bits per heavy atom. The molecule has 0 aromatic heterocycles. The lowest BCUT2D eigenvalue weighted by molar-refractivity contribution is -0.120. The summed E-state index contributed by atoms with van der Waals surface area (Å²) in [7, 11) is 0. The fourth-order valence-electron chi connectivity index (χ4n) is 1.85. The molecule has 0 saturated heterocycles. The van der Waals surface area contributed by atoms with Crippen molar-refractivity contribution in [3.63, 3.8) is 0 Å². The summed E-state index contributed by atoms with van der Waals surface area (Å²) in [6.45, 7) is 8.30. The third-order valence-electron chi connectivity index (χ3n) is 2.85. The molecule has 1 aromatic carbocycles. The molecule has 0 atom stereocenters. The Morgan fingerprint density at radius 3 is 2.52 bits per heavy atom. The predicted octanol–water partition coefficient (Wildman–Crippen LogP) is 2.13. The molecule has 0 aliphatic heterocycles. The molecule has 1 N–H and O–H groups in total. The van der Waals surface area contributed by atoms with Crippen LogP contribution in [0.5, 0.6) is 5.75 Å². The van der Waals surface area contributed by atoms with Gasteiger partial charge in [-0.2, -0.15) is 0 Å². The zero-order chi connectivity index (χ0) is 15.7. The number of carbonyl (C=O) groups excluding carboxylic acids is 2. The van der Waals surface area contributed by atoms with E-state index >= 15 is 0 Å². The van der Waals surface area contributed by atoms with Crippen LogP contribution in [-0.4, -0.2) is 31.5 Å². The van der Waals surface area contributed by atoms with Gasteiger partial charge in [-0.3, -0.25) is 9.59 Å². The van der Waals surface area contributed by atoms with Crippen LogP contribution in [0.3, 0.4) is 0 Å². The van der Waals surface area contributed by atoms with Gasteiger partial charge in [0.15, 0.2) is 0 Å². The van der Waals surface area contributed by atoms with Gasteiger partial charge in [0.2, 0.25) is 11.8 Å². The van der Waals surface area contributed by atoms with Gasteiger partial charge in [-0.25, -0.2) is 0 Å². The number of hydrogen-bond donors (Lipinski definition) is 1. The summed E-state index contributed by atoms with van der Waals surface area (Å²) in [4.78, 5) is 24.9. The second-order valence-electron chi connectivity index (χ2n) is 4.44. The summed E-state index contributed by atoms with van der Waals surface area (Å²) in [5.41, 5.74) is 0.752. The number of carbonyl (C=O) groups is 2. The first-order valence-corrected chi connectivity index (χ1v) is 6.97. The molecule has 0 saturated carbocycles. The van der Waals surface area contributed by atoms with Crippen molar-refractivity contribution < 1.29 is 14.3 Å². The van der Waals surface area contributed by atoms with Crippen LogP contribution >= 0.6 is 0 Å². The Kier molecular flexibility index (Phi) is 7.01. The third kappa shape index (κ3) is 5.69. The van der Waals surface area contributed by atoms with Crippen LogP contribution in [0.2, 0.25) is 0 Å². The highest BCUT2D eigenvalue weighted by Crippen LogP contribution is 2.20. The van der Waals surface area contributed by atoms with Gasteiger partial charge in [-0.1, -0.05) is 6.08 Å². The minimum absolute atomic E-state index is 0.101. The fraction of sp³-hybridized carbons (Fsp3) is 0.375. The summed E-state index contributed by atoms with van der Waals surface area (Å²) < 4.78 is 5.37. The van der Waals surface area contributed by atoms with Gasteiger partial charge < -0.3 is 15.0 Å². The van der Waals surface area contributed by atoms with Crippen LogP contribution < -0.4 is 15.0 Å². The van der Waals surface area contributed by atoms with Crippen molar-refractivity contribution >= 4 is 17.5 Å². The number of hydrogen-bond acceptors (Lipinski definition) is 3. The van der Waals surface area contributed by atoms with Crippen molar-refractivity contribution in [2.24, 2.45) is 0 Å². The summed E-state index contributed by atoms with van der Waals surface area (Å²) in [6.07, 6.45) is 1.87. The van der Waals surface area contributed by atoms with E-state index in [2.05, 4.69) is 11.9 Å². The van der Waals surface area contributed by atoms with Crippen molar-refractivity contribution in [1.82, 2.24) is 5.32 Å². The number of nitrogens with one attached hydrogen (secondary N) is 1. The van der Waals surface area contributed by atoms with Crippen molar-refractivity contribution in [2.75, 3.05) is 24.6 Å². The van der Waals surface area contributed by atoms with E-state index in [0.29, 0.717) is 19.7 Å². The van der Waals surface area contributed by atoms with Crippen LogP contribution in [-0.2, 0) is 9.59 Å². The van der Waals surface area contributed by atoms with E-state index in [0.717, 1.165) is 11.4 Å². The predicted molar refractivity (Wildman–Crippen MR) is 83.5 cm³/mol. The van der Waals surface area contributed by atoms with Crippen molar-refractivity contribution in [1.29, 1.82) is 0 Å². The zero-order valence-corrected chi connectivity index (χ0v) is 12.6. The summed E-state index contributed by atoms with van der Waals surface area (Å²) in [6, 6.07) is 7.25. The van der Waals surface area contributed by atoms with E-state index in [-0.39, 0.29) is 18.2 Å². The minimum Gasteiger partial charge on any atom is -0.494 e. The number of ether oxygens (including phenoxy) is 1. The van der Waals surface area contributed by atoms with Gasteiger partial charge in [0.25, 0.3) is 0 Å². The summed E-state index contributed by atoms with van der Waals surface area (Å²) >= 11 is 0. The first kappa shape index (κ1) is 16.8. The maximum absolute atomic E-state index is 11.7. The Balaban J connectivity index is 2.66. The Hall–Kier alpha value is -2.30. The van der Waals surface area contributed by atoms with Crippen LogP contribution in [0.4, 0.5) is 5.69 Å². The molecule has 5 heteroatoms. The smallest absolute Gasteiger partial charge is 0.223 e. The lowest BCUT2D eigenvalue weighted by atomic mass is 10.2. The zero-order valence-electron chi connectivity index (χ0n) is 12.6. The Morgan fingerprint density at radius 1 is 1.33 bits per heavy atom. The fourth-order valence-corrected chi connectivity index (χ4v) is 1.85. The molecule has 0 bridgehead atoms. The van der Waals surface area contributed by atoms with E-state index in [1.807, 2.05) is 31.2 Å². The molecule has 0 aliphatic carbocycles. The SMILES string of the molecule is C=CCNC(=O)CCN(C(C)=O)c1ccc(OCC)cc1. The Labute approximate surface area is 125 Å². The molecule has 0 heterocycles. The largest absolute Gasteiger partial charge is 0.494 e. The lowest BCUT2D eigenvalue weighted by Gasteiger charge is -2.21. The average Bonchev–Trinajstić information content (AvgIpc) is 2.47. The number of amides is 2. The van der Waals surface area contributed by atoms with Gasteiger partial charge in [0.1, 0.15) is 5.75 Å². The van der Waals surface area contributed by atoms with E-state index < -0.39 is 0 Å². The average molecular weight is 290 g/mol. The number of nitrogens with zero attached hydrogens (tertiary/aromatic N) is 1. The maximum Gasteiger partial charge on any atom is 0.223 e. The van der Waals surface area contributed by atoms with Gasteiger partial charge in [0, 0.05) is 32.1 Å². The molecule has 114 valence electrons. The van der Waals surface area contributed by atoms with Gasteiger partial charge >= 0.3 is 0 Å². The summed E-state index contributed by atoms with van der Waals surface area (Å²) in [5, 5.41) is 2.69. The lowest BCUT2D eigenvalue weighted by Crippen LogP contribution is -2.33. The standard InChI is InChI=1S/C16H22N2O3/c1-4-11-17-16(20)10-12-18(13(3)19)14-6-8-15(9-7-14)21-5-2/h4,6-9H,1,5,10-12H2,2-3H3,(H,17,20). The van der Waals surface area contributed by atoms with Crippen LogP contribution in [0.15, 0.2) is 36.9 Å². The first-order valence-electron chi connectivity index (χ1n) is 6.97. The maximum atomic E-state index is 11.7. The van der Waals surface area contributed by atoms with Crippen molar-refractivity contribution in [3.8, 4) is 5.75 Å². The highest BCUT2D eigenvalue weighted by molar-refractivity contribution is 5.92. The summed E-state index contributed by atoms with van der Waals surface area (Å²) in [5.74, 6) is 0.552. The molecule has 1 rings (SSSR count). The molecule has 5 nitrogen and oxygen atoms in total. The monoisotopic (exact) mass is 290 g/mol. The molecule has 21 heavy (non-hydrogen) atoms. The van der Waals surface area contributed by atoms with E-state index in [1.165, 1.54) is 6.92 Å². The topological polar surface area (TPSA) is 58.6 Å². The van der Waals surface area contributed by atoms with Crippen LogP contribution in [0.1, 0.15) is 20.3 Å². The quantitative estimate of drug-likeness (QED) is 0.746. The normalized spacial score (nSPS) is 9.81. The van der Waals surface area contributed by atoms with E-state index in [9.17, 15) is 9.59 Å². The second kappa shape index (κ2) is 8.79. The van der Waals surface area contributed by atoms with Gasteiger partial charge in [-0.05, 0) is 31.2 Å². The number of rotatable bonds is 8. The second-order valence-corrected chi connectivity index (χ2v) is 4.44. The number of benzene rings is 1. The van der Waals surface area contributed by atoms with E-state index in [4.69, 9.17) is 4.74 Å². The molecule has 1 aromatic rings. The molecule has 0 aliphatic rings. The molecule has 0 unspecified atom stereocenters. The molecule has 0 spiro atoms. The highest BCUT2D eigenvalue weighted by Gasteiger charge is 2.13. The Bertz CT molecular complexity index is 483. The van der Waals surface area contributed by atoms with Crippen molar-refractivity contribution in [3.05, 3.63) is 36.9 Å². The van der Waals surface area contributed by atoms with Gasteiger partial charge in [-0.15, -0.1) is 6.58 Å². The number of anilines is 1. The first-order chi connectivity index (χ1) is 10.1. The van der Waals surface area contributed by atoms with Gasteiger partial charge in [0.05, 0.1) is 6.61 Å². The van der Waals surface area contributed by atoms with E-state index in [1.54, 1.807) is 11.0 Å². The molecular formula is C16H22N2O3.